The molecule has 1 saturated heterocycles. The van der Waals surface area contributed by atoms with Crippen LogP contribution >= 0.6 is 0 Å². The number of rotatable bonds is 4. The molecule has 4 heteroatoms. The number of likely N-dealkylation sites (tertiary alicyclic amines) is 1. The minimum Gasteiger partial charge on any atom is -0.460 e. The highest BCUT2D eigenvalue weighted by Crippen LogP contribution is 2.41. The smallest absolute Gasteiger partial charge is 0.316 e. The zero-order valence-corrected chi connectivity index (χ0v) is 14.6. The predicted octanol–water partition coefficient (Wildman–Crippen LogP) is 3.10. The maximum absolute atomic E-state index is 13.0. The number of aliphatic hydroxyl groups is 1. The lowest BCUT2D eigenvalue weighted by Gasteiger charge is -2.39. The number of benzene rings is 1. The first kappa shape index (κ1) is 17.4. The first-order chi connectivity index (χ1) is 11.6. The largest absolute Gasteiger partial charge is 0.460 e. The molecule has 2 aliphatic rings. The number of carbonyl (C=O) groups is 1. The van der Waals surface area contributed by atoms with Crippen molar-refractivity contribution in [3.05, 3.63) is 35.9 Å². The van der Waals surface area contributed by atoms with Crippen molar-refractivity contribution < 1.29 is 14.6 Å². The molecule has 0 spiro atoms. The molecule has 1 aromatic carbocycles. The van der Waals surface area contributed by atoms with E-state index in [4.69, 9.17) is 4.74 Å². The molecule has 3 rings (SSSR count). The molecule has 0 aromatic heterocycles. The Bertz CT molecular complexity index is 539. The molecule has 1 aliphatic heterocycles. The van der Waals surface area contributed by atoms with Gasteiger partial charge in [0.05, 0.1) is 5.60 Å². The Balaban J connectivity index is 1.80. The zero-order chi connectivity index (χ0) is 17.0. The lowest BCUT2D eigenvalue weighted by atomic mass is 9.73. The van der Waals surface area contributed by atoms with E-state index in [1.807, 2.05) is 30.3 Å². The summed E-state index contributed by atoms with van der Waals surface area (Å²) in [7, 11) is 2.06. The molecule has 4 nitrogen and oxygen atoms in total. The Morgan fingerprint density at radius 1 is 1.21 bits per heavy atom. The third-order valence-corrected chi connectivity index (χ3v) is 5.49. The van der Waals surface area contributed by atoms with Gasteiger partial charge in [0.25, 0.3) is 0 Å². The van der Waals surface area contributed by atoms with Crippen LogP contribution in [0.15, 0.2) is 30.3 Å². The lowest BCUT2D eigenvalue weighted by Crippen LogP contribution is -2.45. The summed E-state index contributed by atoms with van der Waals surface area (Å²) in [4.78, 5) is 15.2. The van der Waals surface area contributed by atoms with Crippen LogP contribution in [0.1, 0.15) is 56.4 Å². The van der Waals surface area contributed by atoms with Crippen LogP contribution in [0.5, 0.6) is 0 Å². The maximum Gasteiger partial charge on any atom is 0.316 e. The van der Waals surface area contributed by atoms with Gasteiger partial charge in [-0.3, -0.25) is 4.79 Å². The summed E-state index contributed by atoms with van der Waals surface area (Å²) in [6.07, 6.45) is 6.32. The Morgan fingerprint density at radius 2 is 1.92 bits per heavy atom. The molecule has 2 unspecified atom stereocenters. The molecule has 24 heavy (non-hydrogen) atoms. The van der Waals surface area contributed by atoms with Gasteiger partial charge in [0.15, 0.2) is 0 Å². The summed E-state index contributed by atoms with van der Waals surface area (Å²) in [6, 6.07) is 9.66. The van der Waals surface area contributed by atoms with Gasteiger partial charge in [0, 0.05) is 6.54 Å². The van der Waals surface area contributed by atoms with E-state index < -0.39 is 11.5 Å². The van der Waals surface area contributed by atoms with Gasteiger partial charge in [0.2, 0.25) is 0 Å². The molecule has 1 aromatic rings. The summed E-state index contributed by atoms with van der Waals surface area (Å²) in [5.41, 5.74) is -0.104. The third kappa shape index (κ3) is 3.98. The van der Waals surface area contributed by atoms with Crippen LogP contribution in [0.2, 0.25) is 0 Å². The van der Waals surface area contributed by atoms with E-state index in [-0.39, 0.29) is 12.1 Å². The van der Waals surface area contributed by atoms with Crippen LogP contribution in [0.3, 0.4) is 0 Å². The molecule has 1 saturated carbocycles. The van der Waals surface area contributed by atoms with Gasteiger partial charge in [-0.15, -0.1) is 0 Å². The fourth-order valence-corrected chi connectivity index (χ4v) is 4.21. The second-order valence-corrected chi connectivity index (χ2v) is 7.47. The van der Waals surface area contributed by atoms with E-state index in [9.17, 15) is 9.90 Å². The van der Waals surface area contributed by atoms with Crippen LogP contribution < -0.4 is 0 Å². The number of piperidine rings is 1. The highest BCUT2D eigenvalue weighted by atomic mass is 16.5. The summed E-state index contributed by atoms with van der Waals surface area (Å²) in [5, 5.41) is 11.2. The second kappa shape index (κ2) is 7.66. The molecule has 2 atom stereocenters. The van der Waals surface area contributed by atoms with Crippen molar-refractivity contribution in [2.24, 2.45) is 0 Å². The average Bonchev–Trinajstić information content (AvgIpc) is 2.56. The molecule has 0 radical (unpaired) electrons. The number of nitrogens with zero attached hydrogens (tertiary/aromatic N) is 1. The number of carbonyl (C=O) groups excluding carboxylic acids is 1. The fraction of sp³-hybridized carbons (Fsp3) is 0.650. The number of esters is 1. The van der Waals surface area contributed by atoms with Crippen molar-refractivity contribution in [1.29, 1.82) is 0 Å². The standard InChI is InChI=1S/C20H29NO3/c1-21-14-8-11-17(15-21)24-19(22)18(16-9-4-2-5-10-16)20(23)12-6-3-7-13-20/h2,4-5,9-10,17-18,23H,3,6-8,11-15H2,1H3. The van der Waals surface area contributed by atoms with E-state index in [2.05, 4.69) is 11.9 Å². The van der Waals surface area contributed by atoms with Gasteiger partial charge in [-0.05, 0) is 44.8 Å². The molecule has 0 bridgehead atoms. The molecular formula is C20H29NO3. The van der Waals surface area contributed by atoms with Crippen LogP contribution in [0.4, 0.5) is 0 Å². The highest BCUT2D eigenvalue weighted by Gasteiger charge is 2.44. The highest BCUT2D eigenvalue weighted by molar-refractivity contribution is 5.80. The molecule has 2 fully saturated rings. The molecule has 1 aliphatic carbocycles. The molecule has 132 valence electrons. The number of ether oxygens (including phenoxy) is 1. The summed E-state index contributed by atoms with van der Waals surface area (Å²) in [5.74, 6) is -0.836. The first-order valence-corrected chi connectivity index (χ1v) is 9.25. The Labute approximate surface area is 144 Å². The quantitative estimate of drug-likeness (QED) is 0.861. The summed E-state index contributed by atoms with van der Waals surface area (Å²) in [6.45, 7) is 1.84. The van der Waals surface area contributed by atoms with E-state index >= 15 is 0 Å². The van der Waals surface area contributed by atoms with Gasteiger partial charge in [-0.25, -0.2) is 0 Å². The zero-order valence-electron chi connectivity index (χ0n) is 14.6. The van der Waals surface area contributed by atoms with Crippen LogP contribution in [0.25, 0.3) is 0 Å². The van der Waals surface area contributed by atoms with Crippen molar-refractivity contribution in [2.75, 3.05) is 20.1 Å². The minimum atomic E-state index is -0.975. The van der Waals surface area contributed by atoms with E-state index in [1.54, 1.807) is 0 Å². The first-order valence-electron chi connectivity index (χ1n) is 9.25. The minimum absolute atomic E-state index is 0.0605. The topological polar surface area (TPSA) is 49.8 Å². The fourth-order valence-electron chi connectivity index (χ4n) is 4.21. The monoisotopic (exact) mass is 331 g/mol. The number of hydrogen-bond acceptors (Lipinski definition) is 4. The Hall–Kier alpha value is -1.39. The van der Waals surface area contributed by atoms with Crippen molar-refractivity contribution in [1.82, 2.24) is 4.90 Å². The van der Waals surface area contributed by atoms with Crippen molar-refractivity contribution in [2.45, 2.75) is 62.6 Å². The predicted molar refractivity (Wildman–Crippen MR) is 93.8 cm³/mol. The van der Waals surface area contributed by atoms with Crippen LogP contribution in [0, 0.1) is 0 Å². The normalized spacial score (nSPS) is 25.8. The third-order valence-electron chi connectivity index (χ3n) is 5.49. The second-order valence-electron chi connectivity index (χ2n) is 7.47. The Kier molecular flexibility index (Phi) is 5.57. The van der Waals surface area contributed by atoms with Gasteiger partial charge in [0.1, 0.15) is 12.0 Å². The van der Waals surface area contributed by atoms with Gasteiger partial charge >= 0.3 is 5.97 Å². The number of hydrogen-bond donors (Lipinski definition) is 1. The molecule has 0 amide bonds. The van der Waals surface area contributed by atoms with Gasteiger partial charge in [-0.1, -0.05) is 49.6 Å². The summed E-state index contributed by atoms with van der Waals surface area (Å²) >= 11 is 0. The Morgan fingerprint density at radius 3 is 2.58 bits per heavy atom. The lowest BCUT2D eigenvalue weighted by molar-refractivity contribution is -0.162. The van der Waals surface area contributed by atoms with Crippen molar-refractivity contribution in [3.63, 3.8) is 0 Å². The SMILES string of the molecule is CN1CCCC(OC(=O)C(c2ccccc2)C2(O)CCCCC2)C1. The molecule has 1 heterocycles. The van der Waals surface area contributed by atoms with E-state index in [1.165, 1.54) is 0 Å². The van der Waals surface area contributed by atoms with E-state index in [0.29, 0.717) is 12.8 Å². The van der Waals surface area contributed by atoms with Crippen LogP contribution in [-0.4, -0.2) is 47.8 Å². The summed E-state index contributed by atoms with van der Waals surface area (Å²) < 4.78 is 5.86. The van der Waals surface area contributed by atoms with Gasteiger partial charge < -0.3 is 14.7 Å². The van der Waals surface area contributed by atoms with Crippen molar-refractivity contribution >= 4 is 5.97 Å². The van der Waals surface area contributed by atoms with E-state index in [0.717, 1.165) is 50.8 Å². The van der Waals surface area contributed by atoms with Crippen molar-refractivity contribution in [3.8, 4) is 0 Å². The van der Waals surface area contributed by atoms with Gasteiger partial charge in [-0.2, -0.15) is 0 Å². The maximum atomic E-state index is 13.0. The number of likely N-dealkylation sites (N-methyl/N-ethyl adjacent to an activating group) is 1. The molecule has 1 N–H and O–H groups in total. The average molecular weight is 331 g/mol. The molecular weight excluding hydrogens is 302 g/mol. The van der Waals surface area contributed by atoms with Crippen LogP contribution in [-0.2, 0) is 9.53 Å².